The maximum absolute atomic E-state index is 15.2. The summed E-state index contributed by atoms with van der Waals surface area (Å²) in [5.74, 6) is -16.2. The number of halogens is 6. The Bertz CT molecular complexity index is 1470. The van der Waals surface area contributed by atoms with Crippen molar-refractivity contribution in [1.82, 2.24) is 4.98 Å². The molecule has 2 aliphatic carbocycles. The van der Waals surface area contributed by atoms with Crippen LogP contribution in [-0.4, -0.2) is 42.3 Å². The number of allylic oxidation sites excluding steroid dienone is 2. The minimum Gasteiger partial charge on any atom is -0.618 e. The number of pyridine rings is 2. The summed E-state index contributed by atoms with van der Waals surface area (Å²) in [6.45, 7) is 2.96. The quantitative estimate of drug-likeness (QED) is 0.292. The van der Waals surface area contributed by atoms with E-state index in [9.17, 15) is 14.0 Å². The highest BCUT2D eigenvalue weighted by Gasteiger charge is 2.85. The van der Waals surface area contributed by atoms with Crippen LogP contribution in [0.15, 0.2) is 81.3 Å². The van der Waals surface area contributed by atoms with Crippen LogP contribution in [0.25, 0.3) is 0 Å². The average molecular weight is 541 g/mol. The number of nitrogens with zero attached hydrogens (tertiary/aromatic N) is 4. The smallest absolute Gasteiger partial charge is 0.380 e. The third-order valence-electron chi connectivity index (χ3n) is 6.91. The van der Waals surface area contributed by atoms with Gasteiger partial charge >= 0.3 is 17.8 Å². The van der Waals surface area contributed by atoms with Gasteiger partial charge in [0.15, 0.2) is 11.2 Å². The standard InChI is InChI=1S/C23H14F6N4OS2/c1-19-15(31-17(35-19)11-7-3-5-9-30-11)13-14(22(26,27)23(28,29)21(13,24)25)16-20(19,2)36-18(32-16)12-8-4-6-10-33(12)34/h3-10H,1-2H3. The van der Waals surface area contributed by atoms with E-state index in [4.69, 9.17) is 0 Å². The molecule has 6 rings (SSSR count). The minimum atomic E-state index is -5.71. The van der Waals surface area contributed by atoms with E-state index in [0.717, 1.165) is 29.7 Å². The number of alkyl halides is 6. The third-order valence-corrected chi connectivity index (χ3v) is 10.0. The normalized spacial score (nSPS) is 31.1. The molecule has 0 saturated heterocycles. The zero-order valence-corrected chi connectivity index (χ0v) is 20.0. The van der Waals surface area contributed by atoms with Gasteiger partial charge in [-0.2, -0.15) is 31.1 Å². The van der Waals surface area contributed by atoms with Gasteiger partial charge in [0.2, 0.25) is 5.69 Å². The molecule has 36 heavy (non-hydrogen) atoms. The highest BCUT2D eigenvalue weighted by Crippen LogP contribution is 2.72. The molecule has 2 aliphatic heterocycles. The van der Waals surface area contributed by atoms with E-state index in [1.807, 2.05) is 0 Å². The van der Waals surface area contributed by atoms with Crippen molar-refractivity contribution < 1.29 is 31.1 Å². The molecule has 186 valence electrons. The first-order valence-corrected chi connectivity index (χ1v) is 12.2. The molecule has 2 aromatic rings. The largest absolute Gasteiger partial charge is 0.618 e. The number of fused-ring (bicyclic) bond motifs is 4. The van der Waals surface area contributed by atoms with Crippen LogP contribution in [-0.2, 0) is 0 Å². The van der Waals surface area contributed by atoms with Crippen molar-refractivity contribution >= 4 is 33.6 Å². The number of aromatic nitrogens is 2. The summed E-state index contributed by atoms with van der Waals surface area (Å²) < 4.78 is 87.8. The van der Waals surface area contributed by atoms with Gasteiger partial charge in [0, 0.05) is 18.3 Å². The lowest BCUT2D eigenvalue weighted by atomic mass is 9.77. The maximum Gasteiger partial charge on any atom is 0.380 e. The Hall–Kier alpha value is -2.80. The molecular weight excluding hydrogens is 526 g/mol. The van der Waals surface area contributed by atoms with Crippen molar-refractivity contribution in [3.63, 3.8) is 0 Å². The van der Waals surface area contributed by atoms with Gasteiger partial charge in [0.25, 0.3) is 0 Å². The number of hydrogen-bond donors (Lipinski definition) is 0. The van der Waals surface area contributed by atoms with Crippen molar-refractivity contribution in [2.75, 3.05) is 0 Å². The molecule has 13 heteroatoms. The number of thioether (sulfide) groups is 2. The number of rotatable bonds is 2. The third kappa shape index (κ3) is 2.57. The fraction of sp³-hybridized carbons (Fsp3) is 0.304. The average Bonchev–Trinajstić information content (AvgIpc) is 3.40. The van der Waals surface area contributed by atoms with Gasteiger partial charge in [0.05, 0.1) is 37.7 Å². The van der Waals surface area contributed by atoms with Crippen LogP contribution < -0.4 is 4.73 Å². The van der Waals surface area contributed by atoms with Crippen LogP contribution in [0, 0.1) is 5.21 Å². The predicted molar refractivity (Wildman–Crippen MR) is 124 cm³/mol. The van der Waals surface area contributed by atoms with Gasteiger partial charge in [-0.3, -0.25) is 4.98 Å². The van der Waals surface area contributed by atoms with Crippen molar-refractivity contribution in [2.24, 2.45) is 9.98 Å². The molecule has 4 aliphatic rings. The monoisotopic (exact) mass is 540 g/mol. The molecule has 5 nitrogen and oxygen atoms in total. The zero-order valence-electron chi connectivity index (χ0n) is 18.4. The molecular formula is C23H14F6N4OS2. The summed E-state index contributed by atoms with van der Waals surface area (Å²) in [4.78, 5) is 12.6. The van der Waals surface area contributed by atoms with Gasteiger partial charge in [-0.25, -0.2) is 9.98 Å². The first kappa shape index (κ1) is 23.6. The van der Waals surface area contributed by atoms with Gasteiger partial charge < -0.3 is 5.21 Å². The van der Waals surface area contributed by atoms with E-state index in [2.05, 4.69) is 15.0 Å². The lowest BCUT2D eigenvalue weighted by molar-refractivity contribution is -0.606. The fourth-order valence-electron chi connectivity index (χ4n) is 4.84. The Kier molecular flexibility index (Phi) is 4.55. The van der Waals surface area contributed by atoms with Crippen LogP contribution in [0.3, 0.4) is 0 Å². The van der Waals surface area contributed by atoms with Crippen molar-refractivity contribution in [2.45, 2.75) is 41.1 Å². The molecule has 2 atom stereocenters. The SMILES string of the molecule is CC12SC(c3ccccn3)=NC1=C1C(=C3N=C(c4cccc[n+]4[O-])SC32C)C(F)(F)C(F)(F)C1(F)F. The summed E-state index contributed by atoms with van der Waals surface area (Å²) in [6, 6.07) is 9.15. The van der Waals surface area contributed by atoms with E-state index in [0.29, 0.717) is 4.73 Å². The van der Waals surface area contributed by atoms with E-state index in [1.165, 1.54) is 38.2 Å². The molecule has 0 radical (unpaired) electrons. The summed E-state index contributed by atoms with van der Waals surface area (Å²) in [6.07, 6.45) is 2.61. The Labute approximate surface area is 208 Å². The van der Waals surface area contributed by atoms with Crippen LogP contribution >= 0.6 is 23.5 Å². The summed E-state index contributed by atoms with van der Waals surface area (Å²) >= 11 is 1.86. The van der Waals surface area contributed by atoms with E-state index < -0.39 is 49.8 Å². The van der Waals surface area contributed by atoms with Crippen LogP contribution in [0.2, 0.25) is 0 Å². The molecule has 2 aromatic heterocycles. The van der Waals surface area contributed by atoms with E-state index in [-0.39, 0.29) is 21.5 Å². The molecule has 0 N–H and O–H groups in total. The van der Waals surface area contributed by atoms with Gasteiger partial charge in [0.1, 0.15) is 5.04 Å². The lowest BCUT2D eigenvalue weighted by Crippen LogP contribution is -2.49. The van der Waals surface area contributed by atoms with Gasteiger partial charge in [-0.15, -0.1) is 0 Å². The first-order chi connectivity index (χ1) is 16.8. The fourth-order valence-corrected chi connectivity index (χ4v) is 7.70. The van der Waals surface area contributed by atoms with Crippen molar-refractivity contribution in [3.05, 3.63) is 87.9 Å². The maximum atomic E-state index is 15.2. The molecule has 2 unspecified atom stereocenters. The minimum absolute atomic E-state index is 0.0216. The highest BCUT2D eigenvalue weighted by molar-refractivity contribution is 8.19. The van der Waals surface area contributed by atoms with Crippen molar-refractivity contribution in [3.8, 4) is 0 Å². The highest BCUT2D eigenvalue weighted by atomic mass is 32.2. The topological polar surface area (TPSA) is 64.5 Å². The Morgan fingerprint density at radius 3 is 1.89 bits per heavy atom. The van der Waals surface area contributed by atoms with Crippen LogP contribution in [0.1, 0.15) is 25.2 Å². The van der Waals surface area contributed by atoms with E-state index in [1.54, 1.807) is 18.2 Å². The second-order valence-electron chi connectivity index (χ2n) is 8.90. The second kappa shape index (κ2) is 6.94. The lowest BCUT2D eigenvalue weighted by Gasteiger charge is -2.44. The molecule has 4 heterocycles. The van der Waals surface area contributed by atoms with Crippen LogP contribution in [0.5, 0.6) is 0 Å². The van der Waals surface area contributed by atoms with Crippen LogP contribution in [0.4, 0.5) is 26.3 Å². The molecule has 0 aromatic carbocycles. The second-order valence-corrected chi connectivity index (χ2v) is 11.7. The Balaban J connectivity index is 1.68. The Morgan fingerprint density at radius 1 is 0.778 bits per heavy atom. The molecule has 1 fully saturated rings. The first-order valence-electron chi connectivity index (χ1n) is 10.6. The molecule has 0 amide bonds. The summed E-state index contributed by atoms with van der Waals surface area (Å²) in [5, 5.41) is 12.5. The van der Waals surface area contributed by atoms with Gasteiger partial charge in [-0.1, -0.05) is 29.6 Å². The summed E-state index contributed by atoms with van der Waals surface area (Å²) in [7, 11) is 0. The Morgan fingerprint density at radius 2 is 1.33 bits per heavy atom. The summed E-state index contributed by atoms with van der Waals surface area (Å²) in [5.41, 5.74) is -3.97. The molecule has 0 bridgehead atoms. The molecule has 1 saturated carbocycles. The predicted octanol–water partition coefficient (Wildman–Crippen LogP) is 5.36. The van der Waals surface area contributed by atoms with Crippen molar-refractivity contribution in [1.29, 1.82) is 0 Å². The zero-order chi connectivity index (χ0) is 25.9. The number of aliphatic imine (C=N–C) groups is 2. The number of hydrogen-bond acceptors (Lipinski definition) is 6. The molecule has 0 spiro atoms. The van der Waals surface area contributed by atoms with Gasteiger partial charge in [-0.05, 0) is 32.0 Å². The van der Waals surface area contributed by atoms with E-state index >= 15 is 17.6 Å².